The Morgan fingerprint density at radius 2 is 2.12 bits per heavy atom. The first-order valence-corrected chi connectivity index (χ1v) is 9.07. The highest BCUT2D eigenvalue weighted by Gasteiger charge is 2.13. The molecule has 2 heterocycles. The first-order valence-electron chi connectivity index (χ1n) is 8.19. The second-order valence-electron chi connectivity index (χ2n) is 5.87. The van der Waals surface area contributed by atoms with Crippen molar-refractivity contribution in [1.29, 1.82) is 0 Å². The molecule has 1 aliphatic rings. The Labute approximate surface area is 149 Å². The van der Waals surface area contributed by atoms with E-state index in [9.17, 15) is 4.79 Å². The van der Waals surface area contributed by atoms with Crippen molar-refractivity contribution in [3.8, 4) is 16.5 Å². The highest BCUT2D eigenvalue weighted by atomic mass is 32.1. The predicted molar refractivity (Wildman–Crippen MR) is 97.9 cm³/mol. The zero-order chi connectivity index (χ0) is 17.1. The summed E-state index contributed by atoms with van der Waals surface area (Å²) in [5, 5.41) is 5.34. The number of benzene rings is 1. The van der Waals surface area contributed by atoms with E-state index >= 15 is 0 Å². The number of aromatic nitrogens is 2. The molecule has 6 heteroatoms. The Balaban J connectivity index is 1.34. The van der Waals surface area contributed by atoms with Gasteiger partial charge in [-0.2, -0.15) is 0 Å². The van der Waals surface area contributed by atoms with Crippen LogP contribution in [0, 0.1) is 0 Å². The normalized spacial score (nSPS) is 12.6. The maximum Gasteiger partial charge on any atom is 0.263 e. The van der Waals surface area contributed by atoms with Crippen LogP contribution in [0.3, 0.4) is 0 Å². The van der Waals surface area contributed by atoms with Gasteiger partial charge in [-0.3, -0.25) is 9.78 Å². The molecule has 0 saturated heterocycles. The zero-order valence-corrected chi connectivity index (χ0v) is 14.4. The van der Waals surface area contributed by atoms with Crippen LogP contribution in [0.1, 0.15) is 17.5 Å². The highest BCUT2D eigenvalue weighted by molar-refractivity contribution is 7.13. The van der Waals surface area contributed by atoms with Gasteiger partial charge in [0.2, 0.25) is 0 Å². The summed E-state index contributed by atoms with van der Waals surface area (Å²) in [6, 6.07) is 11.7. The number of carbonyl (C=O) groups excluding carboxylic acids is 1. The van der Waals surface area contributed by atoms with E-state index in [4.69, 9.17) is 4.74 Å². The van der Waals surface area contributed by atoms with Gasteiger partial charge >= 0.3 is 0 Å². The van der Waals surface area contributed by atoms with Gasteiger partial charge in [0.15, 0.2) is 6.61 Å². The fourth-order valence-electron chi connectivity index (χ4n) is 2.90. The Kier molecular flexibility index (Phi) is 4.43. The molecule has 1 amide bonds. The largest absolute Gasteiger partial charge is 0.484 e. The molecule has 3 aromatic rings. The summed E-state index contributed by atoms with van der Waals surface area (Å²) in [7, 11) is 0. The van der Waals surface area contributed by atoms with Gasteiger partial charge < -0.3 is 10.1 Å². The van der Waals surface area contributed by atoms with Crippen LogP contribution >= 0.6 is 11.3 Å². The summed E-state index contributed by atoms with van der Waals surface area (Å²) < 4.78 is 5.61. The maximum atomic E-state index is 12.1. The number of thiazole rings is 1. The van der Waals surface area contributed by atoms with Crippen LogP contribution in [0.2, 0.25) is 0 Å². The average molecular weight is 351 g/mol. The number of rotatable bonds is 5. The molecule has 0 radical (unpaired) electrons. The molecule has 1 aromatic carbocycles. The van der Waals surface area contributed by atoms with E-state index in [1.54, 1.807) is 11.6 Å². The minimum absolute atomic E-state index is 0.0325. The summed E-state index contributed by atoms with van der Waals surface area (Å²) >= 11 is 1.44. The van der Waals surface area contributed by atoms with E-state index in [1.807, 2.05) is 30.3 Å². The monoisotopic (exact) mass is 351 g/mol. The van der Waals surface area contributed by atoms with Crippen molar-refractivity contribution in [2.24, 2.45) is 0 Å². The predicted octanol–water partition coefficient (Wildman–Crippen LogP) is 3.71. The van der Waals surface area contributed by atoms with Crippen LogP contribution in [0.5, 0.6) is 5.75 Å². The first-order chi connectivity index (χ1) is 12.3. The fraction of sp³-hybridized carbons (Fsp3) is 0.211. The van der Waals surface area contributed by atoms with Crippen molar-refractivity contribution < 1.29 is 9.53 Å². The number of ether oxygens (including phenoxy) is 1. The highest BCUT2D eigenvalue weighted by Crippen LogP contribution is 2.26. The van der Waals surface area contributed by atoms with Crippen LogP contribution in [-0.4, -0.2) is 22.5 Å². The quantitative estimate of drug-likeness (QED) is 0.761. The maximum absolute atomic E-state index is 12.1. The third kappa shape index (κ3) is 3.69. The summed E-state index contributed by atoms with van der Waals surface area (Å²) in [6.07, 6.45) is 5.15. The number of amides is 1. The van der Waals surface area contributed by atoms with E-state index in [-0.39, 0.29) is 12.5 Å². The van der Waals surface area contributed by atoms with Gasteiger partial charge in [0.1, 0.15) is 16.6 Å². The topological polar surface area (TPSA) is 64.1 Å². The molecule has 2 aromatic heterocycles. The van der Waals surface area contributed by atoms with Gasteiger partial charge in [-0.1, -0.05) is 12.1 Å². The summed E-state index contributed by atoms with van der Waals surface area (Å²) in [5.41, 5.74) is 3.51. The van der Waals surface area contributed by atoms with Crippen LogP contribution < -0.4 is 10.1 Å². The van der Waals surface area contributed by atoms with Gasteiger partial charge in [0.05, 0.1) is 5.69 Å². The average Bonchev–Trinajstić information content (AvgIpc) is 3.29. The molecule has 0 bridgehead atoms. The van der Waals surface area contributed by atoms with Gasteiger partial charge in [-0.15, -0.1) is 11.3 Å². The summed E-state index contributed by atoms with van der Waals surface area (Å²) in [4.78, 5) is 20.7. The Morgan fingerprint density at radius 3 is 3.00 bits per heavy atom. The molecule has 1 aliphatic carbocycles. The molecule has 5 nitrogen and oxygen atoms in total. The lowest BCUT2D eigenvalue weighted by molar-refractivity contribution is -0.118. The number of anilines is 1. The SMILES string of the molecule is O=C(COc1ccc2c(c1)CCC2)Nc1csc(-c2ccccn2)n1. The number of nitrogens with one attached hydrogen (secondary N) is 1. The minimum Gasteiger partial charge on any atom is -0.484 e. The lowest BCUT2D eigenvalue weighted by Crippen LogP contribution is -2.20. The standard InChI is InChI=1S/C19H17N3O2S/c23-18(11-24-15-8-7-13-4-3-5-14(13)10-15)21-17-12-25-19(22-17)16-6-1-2-9-20-16/h1-2,6-10,12H,3-5,11H2,(H,21,23). The summed E-state index contributed by atoms with van der Waals surface area (Å²) in [6.45, 7) is -0.0325. The van der Waals surface area contributed by atoms with Crippen molar-refractivity contribution in [3.05, 3.63) is 59.1 Å². The molecule has 0 saturated carbocycles. The summed E-state index contributed by atoms with van der Waals surface area (Å²) in [5.74, 6) is 1.04. The van der Waals surface area contributed by atoms with Crippen molar-refractivity contribution >= 4 is 23.1 Å². The lowest BCUT2D eigenvalue weighted by atomic mass is 10.1. The first kappa shape index (κ1) is 15.8. The fourth-order valence-corrected chi connectivity index (χ4v) is 3.63. The van der Waals surface area contributed by atoms with Gasteiger partial charge in [0.25, 0.3) is 5.91 Å². The second-order valence-corrected chi connectivity index (χ2v) is 6.73. The second kappa shape index (κ2) is 7.03. The number of nitrogens with zero attached hydrogens (tertiary/aromatic N) is 2. The van der Waals surface area contributed by atoms with E-state index in [2.05, 4.69) is 21.4 Å². The van der Waals surface area contributed by atoms with E-state index in [0.717, 1.165) is 29.3 Å². The molecule has 25 heavy (non-hydrogen) atoms. The smallest absolute Gasteiger partial charge is 0.263 e. The number of fused-ring (bicyclic) bond motifs is 1. The Morgan fingerprint density at radius 1 is 1.20 bits per heavy atom. The third-order valence-electron chi connectivity index (χ3n) is 4.10. The molecular weight excluding hydrogens is 334 g/mol. The molecule has 0 unspecified atom stereocenters. The van der Waals surface area contributed by atoms with Crippen molar-refractivity contribution in [2.45, 2.75) is 19.3 Å². The number of hydrogen-bond acceptors (Lipinski definition) is 5. The minimum atomic E-state index is -0.224. The number of carbonyl (C=O) groups is 1. The number of pyridine rings is 1. The molecular formula is C19H17N3O2S. The Hall–Kier alpha value is -2.73. The molecule has 126 valence electrons. The lowest BCUT2D eigenvalue weighted by Gasteiger charge is -2.07. The van der Waals surface area contributed by atoms with Crippen molar-refractivity contribution in [3.63, 3.8) is 0 Å². The third-order valence-corrected chi connectivity index (χ3v) is 4.96. The van der Waals surface area contributed by atoms with Crippen LogP contribution in [0.15, 0.2) is 48.0 Å². The zero-order valence-electron chi connectivity index (χ0n) is 13.6. The molecule has 1 N–H and O–H groups in total. The van der Waals surface area contributed by atoms with Crippen LogP contribution in [0.25, 0.3) is 10.7 Å². The van der Waals surface area contributed by atoms with Crippen molar-refractivity contribution in [1.82, 2.24) is 9.97 Å². The Bertz CT molecular complexity index is 893. The van der Waals surface area contributed by atoms with E-state index in [0.29, 0.717) is 5.82 Å². The molecule has 0 atom stereocenters. The van der Waals surface area contributed by atoms with Gasteiger partial charge in [-0.25, -0.2) is 4.98 Å². The van der Waals surface area contributed by atoms with E-state index in [1.165, 1.54) is 28.9 Å². The number of aryl methyl sites for hydroxylation is 2. The number of hydrogen-bond donors (Lipinski definition) is 1. The molecule has 0 spiro atoms. The van der Waals surface area contributed by atoms with Crippen LogP contribution in [-0.2, 0) is 17.6 Å². The molecule has 0 aliphatic heterocycles. The van der Waals surface area contributed by atoms with Crippen LogP contribution in [0.4, 0.5) is 5.82 Å². The molecule has 4 rings (SSSR count). The van der Waals surface area contributed by atoms with Crippen molar-refractivity contribution in [2.75, 3.05) is 11.9 Å². The van der Waals surface area contributed by atoms with E-state index < -0.39 is 0 Å². The van der Waals surface area contributed by atoms with Gasteiger partial charge in [-0.05, 0) is 54.7 Å². The molecule has 0 fully saturated rings. The van der Waals surface area contributed by atoms with Gasteiger partial charge in [0, 0.05) is 11.6 Å².